The van der Waals surface area contributed by atoms with Crippen LogP contribution in [0.1, 0.15) is 50.1 Å². The topological polar surface area (TPSA) is 71.1 Å². The van der Waals surface area contributed by atoms with Gasteiger partial charge in [-0.2, -0.15) is 0 Å². The molecule has 2 aromatic heterocycles. The van der Waals surface area contributed by atoms with Gasteiger partial charge in [0.1, 0.15) is 10.8 Å². The monoisotopic (exact) mass is 405 g/mol. The fourth-order valence-electron chi connectivity index (χ4n) is 3.57. The van der Waals surface area contributed by atoms with E-state index >= 15 is 0 Å². The summed E-state index contributed by atoms with van der Waals surface area (Å²) in [6.07, 6.45) is 4.46. The van der Waals surface area contributed by atoms with E-state index in [2.05, 4.69) is 22.5 Å². The Hall–Kier alpha value is -2.99. The van der Waals surface area contributed by atoms with E-state index in [1.165, 1.54) is 16.2 Å². The smallest absolute Gasteiger partial charge is 0.260 e. The molecule has 0 aliphatic heterocycles. The van der Waals surface area contributed by atoms with Crippen LogP contribution in [0.2, 0.25) is 0 Å². The summed E-state index contributed by atoms with van der Waals surface area (Å²) < 4.78 is 0. The first-order valence-corrected chi connectivity index (χ1v) is 10.6. The van der Waals surface area contributed by atoms with Gasteiger partial charge in [0.25, 0.3) is 11.8 Å². The molecule has 29 heavy (non-hydrogen) atoms. The number of rotatable bonds is 4. The Kier molecular flexibility index (Phi) is 5.45. The minimum Gasteiger partial charge on any atom is -0.313 e. The Morgan fingerprint density at radius 1 is 1.07 bits per heavy atom. The number of aromatic nitrogens is 1. The normalized spacial score (nSPS) is 15.4. The Morgan fingerprint density at radius 2 is 1.86 bits per heavy atom. The van der Waals surface area contributed by atoms with Crippen LogP contribution >= 0.6 is 11.3 Å². The molecular formula is C23H23N3O2S. The first-order valence-electron chi connectivity index (χ1n) is 9.76. The zero-order chi connectivity index (χ0) is 20.4. The third-order valence-corrected chi connectivity index (χ3v) is 6.36. The molecule has 1 aliphatic rings. The molecule has 0 saturated heterocycles. The van der Waals surface area contributed by atoms with Crippen LogP contribution in [0, 0.1) is 12.8 Å². The van der Waals surface area contributed by atoms with Gasteiger partial charge in [-0.3, -0.25) is 9.59 Å². The summed E-state index contributed by atoms with van der Waals surface area (Å²) >= 11 is 1.52. The number of nitrogens with one attached hydrogen (secondary N) is 2. The highest BCUT2D eigenvalue weighted by molar-refractivity contribution is 7.17. The van der Waals surface area contributed by atoms with E-state index < -0.39 is 0 Å². The van der Waals surface area contributed by atoms with Crippen molar-refractivity contribution in [3.8, 4) is 0 Å². The van der Waals surface area contributed by atoms with Crippen LogP contribution in [-0.4, -0.2) is 16.8 Å². The number of hydrogen-bond donors (Lipinski definition) is 2. The van der Waals surface area contributed by atoms with Gasteiger partial charge in [0.2, 0.25) is 0 Å². The molecule has 148 valence electrons. The first kappa shape index (κ1) is 19.3. The minimum absolute atomic E-state index is 0.205. The molecule has 2 N–H and O–H groups in total. The van der Waals surface area contributed by atoms with E-state index in [4.69, 9.17) is 0 Å². The van der Waals surface area contributed by atoms with Gasteiger partial charge in [-0.25, -0.2) is 4.98 Å². The number of anilines is 2. The van der Waals surface area contributed by atoms with Crippen LogP contribution in [0.15, 0.2) is 48.7 Å². The molecule has 0 fully saturated rings. The average molecular weight is 406 g/mol. The van der Waals surface area contributed by atoms with Crippen LogP contribution in [-0.2, 0) is 12.8 Å². The predicted octanol–water partition coefficient (Wildman–Crippen LogP) is 5.08. The molecule has 0 radical (unpaired) electrons. The molecule has 6 heteroatoms. The van der Waals surface area contributed by atoms with Gasteiger partial charge in [0, 0.05) is 16.6 Å². The van der Waals surface area contributed by atoms with Gasteiger partial charge in [-0.1, -0.05) is 30.7 Å². The van der Waals surface area contributed by atoms with Crippen molar-refractivity contribution >= 4 is 34.0 Å². The second-order valence-corrected chi connectivity index (χ2v) is 8.65. The maximum absolute atomic E-state index is 13.1. The molecule has 1 atom stereocenters. The van der Waals surface area contributed by atoms with Gasteiger partial charge in [0.15, 0.2) is 0 Å². The Balaban J connectivity index is 1.66. The van der Waals surface area contributed by atoms with E-state index in [1.54, 1.807) is 30.5 Å². The van der Waals surface area contributed by atoms with Crippen LogP contribution in [0.4, 0.5) is 10.8 Å². The highest BCUT2D eigenvalue weighted by Crippen LogP contribution is 2.40. The average Bonchev–Trinajstić information content (AvgIpc) is 3.06. The highest BCUT2D eigenvalue weighted by Gasteiger charge is 2.28. The van der Waals surface area contributed by atoms with Crippen molar-refractivity contribution in [2.24, 2.45) is 5.92 Å². The minimum atomic E-state index is -0.227. The number of carbonyl (C=O) groups is 2. The number of carbonyl (C=O) groups excluding carboxylic acids is 2. The summed E-state index contributed by atoms with van der Waals surface area (Å²) in [6.45, 7) is 4.21. The summed E-state index contributed by atoms with van der Waals surface area (Å²) in [5, 5.41) is 6.47. The lowest BCUT2D eigenvalue weighted by Gasteiger charge is -2.18. The lowest BCUT2D eigenvalue weighted by Crippen LogP contribution is -2.19. The van der Waals surface area contributed by atoms with Crippen LogP contribution in [0.5, 0.6) is 0 Å². The zero-order valence-corrected chi connectivity index (χ0v) is 17.3. The highest BCUT2D eigenvalue weighted by atomic mass is 32.1. The Labute approximate surface area is 174 Å². The van der Waals surface area contributed by atoms with Gasteiger partial charge >= 0.3 is 0 Å². The molecule has 0 saturated carbocycles. The van der Waals surface area contributed by atoms with E-state index in [0.29, 0.717) is 27.9 Å². The Morgan fingerprint density at radius 3 is 2.59 bits per heavy atom. The summed E-state index contributed by atoms with van der Waals surface area (Å²) in [5.74, 6) is 0.643. The molecule has 0 spiro atoms. The number of fused-ring (bicyclic) bond motifs is 1. The van der Waals surface area contributed by atoms with Crippen LogP contribution < -0.4 is 10.6 Å². The fourth-order valence-corrected chi connectivity index (χ4v) is 4.98. The van der Waals surface area contributed by atoms with Crippen LogP contribution in [0.3, 0.4) is 0 Å². The predicted molar refractivity (Wildman–Crippen MR) is 117 cm³/mol. The first-order chi connectivity index (χ1) is 14.0. The molecule has 5 nitrogen and oxygen atoms in total. The number of nitrogens with zero attached hydrogens (tertiary/aromatic N) is 1. The number of thiophene rings is 1. The Bertz CT molecular complexity index is 1040. The number of pyridine rings is 1. The zero-order valence-electron chi connectivity index (χ0n) is 16.5. The number of aryl methyl sites for hydroxylation is 1. The molecular weight excluding hydrogens is 382 g/mol. The molecule has 2 heterocycles. The quantitative estimate of drug-likeness (QED) is 0.636. The van der Waals surface area contributed by atoms with E-state index in [1.807, 2.05) is 25.1 Å². The van der Waals surface area contributed by atoms with Crippen molar-refractivity contribution in [1.29, 1.82) is 0 Å². The van der Waals surface area contributed by atoms with Gasteiger partial charge in [0.05, 0.1) is 5.56 Å². The second-order valence-electron chi connectivity index (χ2n) is 7.55. The second kappa shape index (κ2) is 8.17. The van der Waals surface area contributed by atoms with Crippen molar-refractivity contribution in [2.75, 3.05) is 10.6 Å². The van der Waals surface area contributed by atoms with E-state index in [0.717, 1.165) is 30.4 Å². The summed E-state index contributed by atoms with van der Waals surface area (Å²) in [7, 11) is 0. The maximum atomic E-state index is 13.1. The van der Waals surface area contributed by atoms with Crippen molar-refractivity contribution in [1.82, 2.24) is 4.98 Å². The molecule has 1 aliphatic carbocycles. The van der Waals surface area contributed by atoms with E-state index in [-0.39, 0.29) is 11.8 Å². The molecule has 0 bridgehead atoms. The van der Waals surface area contributed by atoms with Crippen LogP contribution in [0.25, 0.3) is 0 Å². The summed E-state index contributed by atoms with van der Waals surface area (Å²) in [6, 6.07) is 12.8. The number of benzene rings is 1. The SMILES string of the molecule is Cc1ccc(C(=O)Nc2sc3c(c2C(=O)Nc2ccccn2)CC[C@H](C)C3)cc1. The summed E-state index contributed by atoms with van der Waals surface area (Å²) in [4.78, 5) is 31.3. The van der Waals surface area contributed by atoms with E-state index in [9.17, 15) is 9.59 Å². The van der Waals surface area contributed by atoms with Crippen molar-refractivity contribution in [2.45, 2.75) is 33.1 Å². The molecule has 2 amide bonds. The lowest BCUT2D eigenvalue weighted by molar-refractivity contribution is 0.102. The van der Waals surface area contributed by atoms with Gasteiger partial charge in [-0.05, 0) is 61.9 Å². The largest absolute Gasteiger partial charge is 0.313 e. The third-order valence-electron chi connectivity index (χ3n) is 5.19. The lowest BCUT2D eigenvalue weighted by atomic mass is 9.88. The summed E-state index contributed by atoms with van der Waals surface area (Å²) in [5.41, 5.74) is 3.30. The van der Waals surface area contributed by atoms with Gasteiger partial charge in [-0.15, -0.1) is 11.3 Å². The maximum Gasteiger partial charge on any atom is 0.260 e. The fraction of sp³-hybridized carbons (Fsp3) is 0.261. The molecule has 0 unspecified atom stereocenters. The molecule has 4 rings (SSSR count). The van der Waals surface area contributed by atoms with Crippen molar-refractivity contribution in [3.63, 3.8) is 0 Å². The van der Waals surface area contributed by atoms with Crippen molar-refractivity contribution < 1.29 is 9.59 Å². The molecule has 3 aromatic rings. The third kappa shape index (κ3) is 4.22. The standard InChI is InChI=1S/C23H23N3O2S/c1-14-6-9-16(10-7-14)21(27)26-23-20(17-11-8-15(2)13-18(17)29-23)22(28)25-19-5-3-4-12-24-19/h3-7,9-10,12,15H,8,11,13H2,1-2H3,(H,26,27)(H,24,25,28)/t15-/m0/s1. The van der Waals surface area contributed by atoms with Crippen molar-refractivity contribution in [3.05, 3.63) is 75.8 Å². The van der Waals surface area contributed by atoms with Gasteiger partial charge < -0.3 is 10.6 Å². The number of hydrogen-bond acceptors (Lipinski definition) is 4. The number of amides is 2. The molecule has 1 aromatic carbocycles.